The number of amides is 1. The van der Waals surface area contributed by atoms with Crippen molar-refractivity contribution in [2.24, 2.45) is 0 Å². The summed E-state index contributed by atoms with van der Waals surface area (Å²) in [7, 11) is 0. The minimum absolute atomic E-state index is 0.614. The Labute approximate surface area is 106 Å². The van der Waals surface area contributed by atoms with Gasteiger partial charge in [-0.3, -0.25) is 4.79 Å². The van der Waals surface area contributed by atoms with Crippen molar-refractivity contribution in [3.05, 3.63) is 42.0 Å². The predicted molar refractivity (Wildman–Crippen MR) is 68.3 cm³/mol. The normalized spacial score (nSPS) is 12.7. The summed E-state index contributed by atoms with van der Waals surface area (Å²) in [4.78, 5) is 11.4. The van der Waals surface area contributed by atoms with Gasteiger partial charge in [0, 0.05) is 5.54 Å². The number of benzene rings is 1. The van der Waals surface area contributed by atoms with Crippen molar-refractivity contribution >= 4 is 12.0 Å². The van der Waals surface area contributed by atoms with Gasteiger partial charge in [0.15, 0.2) is 0 Å². The molecule has 98 valence electrons. The monoisotopic (exact) mass is 253 g/mol. The lowest BCUT2D eigenvalue weighted by molar-refractivity contribution is -0.140. The van der Waals surface area contributed by atoms with E-state index in [2.05, 4.69) is 5.32 Å². The molecule has 1 N–H and O–H groups in total. The maximum absolute atomic E-state index is 13.5. The summed E-state index contributed by atoms with van der Waals surface area (Å²) in [6.07, 6.45) is 1.85. The zero-order valence-corrected chi connectivity index (χ0v) is 10.7. The van der Waals surface area contributed by atoms with Gasteiger partial charge in [0.25, 0.3) is 5.91 Å². The van der Waals surface area contributed by atoms with Gasteiger partial charge in [-0.15, -0.1) is 0 Å². The van der Waals surface area contributed by atoms with Gasteiger partial charge in [0.05, 0.1) is 0 Å². The van der Waals surface area contributed by atoms with Crippen molar-refractivity contribution in [3.8, 4) is 0 Å². The Kier molecular flexibility index (Phi) is 4.22. The Bertz CT molecular complexity index is 433. The Hall–Kier alpha value is -1.71. The van der Waals surface area contributed by atoms with Crippen LogP contribution in [0.15, 0.2) is 36.4 Å². The standard InChI is InChI=1S/C14H17F2NO/c1-13(2,3)17-12(18)14(15,16)10-9-11-7-5-4-6-8-11/h4-10H,1-3H3,(H,17,18). The predicted octanol–water partition coefficient (Wildman–Crippen LogP) is 3.25. The maximum atomic E-state index is 13.5. The third-order valence-corrected chi connectivity index (χ3v) is 2.08. The molecule has 0 atom stereocenters. The Morgan fingerprint density at radius 2 is 1.72 bits per heavy atom. The minimum Gasteiger partial charge on any atom is -0.346 e. The Morgan fingerprint density at radius 1 is 1.17 bits per heavy atom. The van der Waals surface area contributed by atoms with Gasteiger partial charge in [-0.2, -0.15) is 8.78 Å². The summed E-state index contributed by atoms with van der Waals surface area (Å²) in [6.45, 7) is 4.96. The fourth-order valence-electron chi connectivity index (χ4n) is 1.26. The summed E-state index contributed by atoms with van der Waals surface area (Å²) in [5.74, 6) is -4.80. The minimum atomic E-state index is -3.51. The summed E-state index contributed by atoms with van der Waals surface area (Å²) in [6, 6.07) is 8.66. The molecule has 0 heterocycles. The van der Waals surface area contributed by atoms with Crippen molar-refractivity contribution in [2.45, 2.75) is 32.2 Å². The van der Waals surface area contributed by atoms with Gasteiger partial charge in [-0.05, 0) is 32.4 Å². The number of nitrogens with one attached hydrogen (secondary N) is 1. The third-order valence-electron chi connectivity index (χ3n) is 2.08. The molecule has 0 fully saturated rings. The molecule has 0 unspecified atom stereocenters. The third kappa shape index (κ3) is 4.65. The van der Waals surface area contributed by atoms with E-state index in [1.54, 1.807) is 51.1 Å². The molecule has 0 spiro atoms. The van der Waals surface area contributed by atoms with E-state index in [0.717, 1.165) is 0 Å². The highest BCUT2D eigenvalue weighted by Crippen LogP contribution is 2.19. The molecule has 1 amide bonds. The van der Waals surface area contributed by atoms with Crippen molar-refractivity contribution < 1.29 is 13.6 Å². The number of carbonyl (C=O) groups excluding carboxylic acids is 1. The molecule has 0 saturated carbocycles. The summed E-state index contributed by atoms with van der Waals surface area (Å²) in [5.41, 5.74) is -0.0538. The van der Waals surface area contributed by atoms with Gasteiger partial charge >= 0.3 is 5.92 Å². The lowest BCUT2D eigenvalue weighted by atomic mass is 10.1. The summed E-state index contributed by atoms with van der Waals surface area (Å²) >= 11 is 0. The number of halogens is 2. The molecular formula is C14H17F2NO. The van der Waals surface area contributed by atoms with E-state index in [-0.39, 0.29) is 0 Å². The van der Waals surface area contributed by atoms with E-state index in [4.69, 9.17) is 0 Å². The zero-order chi connectivity index (χ0) is 13.8. The van der Waals surface area contributed by atoms with Gasteiger partial charge in [0.2, 0.25) is 0 Å². The largest absolute Gasteiger partial charge is 0.346 e. The first-order valence-corrected chi connectivity index (χ1v) is 5.65. The molecule has 1 aromatic rings. The smallest absolute Gasteiger partial charge is 0.343 e. The number of hydrogen-bond acceptors (Lipinski definition) is 1. The van der Waals surface area contributed by atoms with Crippen LogP contribution in [0.1, 0.15) is 26.3 Å². The van der Waals surface area contributed by atoms with Crippen LogP contribution in [-0.2, 0) is 4.79 Å². The second-order valence-corrected chi connectivity index (χ2v) is 5.07. The fourth-order valence-corrected chi connectivity index (χ4v) is 1.26. The van der Waals surface area contributed by atoms with E-state index in [1.807, 2.05) is 0 Å². The molecule has 4 heteroatoms. The van der Waals surface area contributed by atoms with Crippen molar-refractivity contribution in [3.63, 3.8) is 0 Å². The lowest BCUT2D eigenvalue weighted by Crippen LogP contribution is -2.48. The van der Waals surface area contributed by atoms with Crippen LogP contribution in [0.3, 0.4) is 0 Å². The first kappa shape index (κ1) is 14.4. The number of carbonyl (C=O) groups is 1. The van der Waals surface area contributed by atoms with E-state index < -0.39 is 17.4 Å². The summed E-state index contributed by atoms with van der Waals surface area (Å²) in [5, 5.41) is 2.26. The highest BCUT2D eigenvalue weighted by molar-refractivity contribution is 5.87. The van der Waals surface area contributed by atoms with Crippen LogP contribution in [0.5, 0.6) is 0 Å². The fraction of sp³-hybridized carbons (Fsp3) is 0.357. The SMILES string of the molecule is CC(C)(C)NC(=O)C(F)(F)C=Cc1ccccc1. The van der Waals surface area contributed by atoms with E-state index in [9.17, 15) is 13.6 Å². The lowest BCUT2D eigenvalue weighted by Gasteiger charge is -2.23. The van der Waals surface area contributed by atoms with Crippen LogP contribution in [0.2, 0.25) is 0 Å². The Morgan fingerprint density at radius 3 is 2.22 bits per heavy atom. The van der Waals surface area contributed by atoms with Gasteiger partial charge < -0.3 is 5.32 Å². The molecule has 2 nitrogen and oxygen atoms in total. The first-order chi connectivity index (χ1) is 8.21. The van der Waals surface area contributed by atoms with Gasteiger partial charge in [-0.1, -0.05) is 36.4 Å². The van der Waals surface area contributed by atoms with Crippen LogP contribution in [0.4, 0.5) is 8.78 Å². The van der Waals surface area contributed by atoms with E-state index in [1.165, 1.54) is 6.08 Å². The first-order valence-electron chi connectivity index (χ1n) is 5.65. The number of hydrogen-bond donors (Lipinski definition) is 1. The summed E-state index contributed by atoms with van der Waals surface area (Å²) < 4.78 is 27.1. The molecule has 0 aliphatic rings. The average molecular weight is 253 g/mol. The molecule has 18 heavy (non-hydrogen) atoms. The molecular weight excluding hydrogens is 236 g/mol. The van der Waals surface area contributed by atoms with E-state index >= 15 is 0 Å². The molecule has 0 aliphatic carbocycles. The van der Waals surface area contributed by atoms with Crippen LogP contribution < -0.4 is 5.32 Å². The second kappa shape index (κ2) is 5.29. The second-order valence-electron chi connectivity index (χ2n) is 5.07. The van der Waals surface area contributed by atoms with Gasteiger partial charge in [0.1, 0.15) is 0 Å². The molecule has 0 bridgehead atoms. The average Bonchev–Trinajstić information content (AvgIpc) is 2.26. The topological polar surface area (TPSA) is 29.1 Å². The van der Waals surface area contributed by atoms with Crippen LogP contribution in [0.25, 0.3) is 6.08 Å². The van der Waals surface area contributed by atoms with Crippen LogP contribution in [-0.4, -0.2) is 17.4 Å². The molecule has 0 aliphatic heterocycles. The molecule has 0 aromatic heterocycles. The van der Waals surface area contributed by atoms with Crippen molar-refractivity contribution in [1.82, 2.24) is 5.32 Å². The molecule has 0 radical (unpaired) electrons. The van der Waals surface area contributed by atoms with E-state index in [0.29, 0.717) is 11.6 Å². The Balaban J connectivity index is 2.76. The van der Waals surface area contributed by atoms with Crippen molar-refractivity contribution in [2.75, 3.05) is 0 Å². The zero-order valence-electron chi connectivity index (χ0n) is 10.7. The van der Waals surface area contributed by atoms with Crippen LogP contribution >= 0.6 is 0 Å². The maximum Gasteiger partial charge on any atom is 0.343 e. The molecule has 0 saturated heterocycles. The quantitative estimate of drug-likeness (QED) is 0.880. The highest BCUT2D eigenvalue weighted by Gasteiger charge is 2.37. The number of alkyl halides is 2. The van der Waals surface area contributed by atoms with Gasteiger partial charge in [-0.25, -0.2) is 0 Å². The highest BCUT2D eigenvalue weighted by atomic mass is 19.3. The molecule has 1 aromatic carbocycles. The molecule has 1 rings (SSSR count). The van der Waals surface area contributed by atoms with Crippen LogP contribution in [0, 0.1) is 0 Å². The number of rotatable bonds is 3. The van der Waals surface area contributed by atoms with Crippen molar-refractivity contribution in [1.29, 1.82) is 0 Å².